The first-order chi connectivity index (χ1) is 25.2. The lowest BCUT2D eigenvalue weighted by Gasteiger charge is -2.14. The van der Waals surface area contributed by atoms with Crippen LogP contribution in [0.5, 0.6) is 0 Å². The van der Waals surface area contributed by atoms with Gasteiger partial charge in [0.15, 0.2) is 0 Å². The van der Waals surface area contributed by atoms with Crippen LogP contribution in [0.4, 0.5) is 0 Å². The first kappa shape index (κ1) is 28.3. The van der Waals surface area contributed by atoms with Crippen molar-refractivity contribution in [1.29, 1.82) is 0 Å². The lowest BCUT2D eigenvalue weighted by molar-refractivity contribution is 1.18. The second-order valence-electron chi connectivity index (χ2n) is 13.6. The predicted molar refractivity (Wildman–Crippen MR) is 218 cm³/mol. The third-order valence-corrected chi connectivity index (χ3v) is 10.8. The average molecular weight is 645 g/mol. The molecule has 0 spiro atoms. The number of fused-ring (bicyclic) bond motifs is 12. The third-order valence-electron chi connectivity index (χ3n) is 10.8. The molecule has 0 saturated heterocycles. The van der Waals surface area contributed by atoms with Crippen LogP contribution < -0.4 is 5.46 Å². The van der Waals surface area contributed by atoms with Crippen molar-refractivity contribution in [2.75, 3.05) is 0 Å². The average Bonchev–Trinajstić information content (AvgIpc) is 3.70. The van der Waals surface area contributed by atoms with Crippen LogP contribution in [-0.2, 0) is 0 Å². The monoisotopic (exact) mass is 644 g/mol. The molecule has 0 aliphatic carbocycles. The van der Waals surface area contributed by atoms with Crippen molar-refractivity contribution >= 4 is 89.2 Å². The zero-order chi connectivity index (χ0) is 33.6. The largest absolute Gasteiger partial charge is 0.309 e. The molecule has 11 aromatic rings. The fourth-order valence-electron chi connectivity index (χ4n) is 8.64. The Morgan fingerprint density at radius 3 is 1.61 bits per heavy atom. The van der Waals surface area contributed by atoms with E-state index in [1.165, 1.54) is 70.6 Å². The number of aromatic nitrogens is 2. The van der Waals surface area contributed by atoms with Gasteiger partial charge in [0, 0.05) is 32.9 Å². The highest BCUT2D eigenvalue weighted by molar-refractivity contribution is 6.34. The molecule has 51 heavy (non-hydrogen) atoms. The molecule has 0 amide bonds. The first-order valence-electron chi connectivity index (χ1n) is 17.5. The molecule has 0 aliphatic heterocycles. The molecule has 234 valence electrons. The van der Waals surface area contributed by atoms with E-state index in [1.807, 2.05) is 6.07 Å². The molecule has 0 fully saturated rings. The highest BCUT2D eigenvalue weighted by atomic mass is 15.0. The van der Waals surface area contributed by atoms with Crippen LogP contribution in [-0.4, -0.2) is 17.0 Å². The molecule has 0 saturated carbocycles. The molecule has 9 aromatic carbocycles. The fourth-order valence-corrected chi connectivity index (χ4v) is 8.64. The molecule has 2 nitrogen and oxygen atoms in total. The van der Waals surface area contributed by atoms with Crippen molar-refractivity contribution < 1.29 is 0 Å². The van der Waals surface area contributed by atoms with E-state index in [0.29, 0.717) is 0 Å². The van der Waals surface area contributed by atoms with E-state index in [4.69, 9.17) is 7.85 Å². The summed E-state index contributed by atoms with van der Waals surface area (Å²) in [5.74, 6) is 0. The lowest BCUT2D eigenvalue weighted by Crippen LogP contribution is -2.00. The molecule has 0 atom stereocenters. The van der Waals surface area contributed by atoms with Crippen LogP contribution in [0.15, 0.2) is 176 Å². The summed E-state index contributed by atoms with van der Waals surface area (Å²) in [4.78, 5) is 0. The second kappa shape index (κ2) is 10.7. The number of nitrogens with zero attached hydrogens (tertiary/aromatic N) is 2. The van der Waals surface area contributed by atoms with Crippen LogP contribution in [0.1, 0.15) is 0 Å². The normalized spacial score (nSPS) is 12.0. The minimum Gasteiger partial charge on any atom is -0.309 e. The molecule has 0 unspecified atom stereocenters. The summed E-state index contributed by atoms with van der Waals surface area (Å²) in [5, 5.41) is 12.5. The number of para-hydroxylation sites is 2. The Bertz CT molecular complexity index is 3170. The maximum atomic E-state index is 6.39. The molecular formula is C48H29BN2. The Morgan fingerprint density at radius 2 is 0.863 bits per heavy atom. The molecule has 0 bridgehead atoms. The van der Waals surface area contributed by atoms with E-state index in [1.54, 1.807) is 0 Å². The molecule has 0 N–H and O–H groups in total. The van der Waals surface area contributed by atoms with Gasteiger partial charge in [-0.3, -0.25) is 0 Å². The summed E-state index contributed by atoms with van der Waals surface area (Å²) >= 11 is 0. The van der Waals surface area contributed by atoms with Gasteiger partial charge in [0.25, 0.3) is 0 Å². The molecule has 2 heterocycles. The molecule has 11 rings (SSSR count). The predicted octanol–water partition coefficient (Wildman–Crippen LogP) is 11.8. The number of rotatable bonds is 3. The van der Waals surface area contributed by atoms with Gasteiger partial charge >= 0.3 is 0 Å². The Kier molecular flexibility index (Phi) is 5.94. The van der Waals surface area contributed by atoms with Gasteiger partial charge in [-0.05, 0) is 98.0 Å². The fraction of sp³-hybridized carbons (Fsp3) is 0. The number of hydrogen-bond donors (Lipinski definition) is 0. The smallest absolute Gasteiger partial charge is 0.113 e. The van der Waals surface area contributed by atoms with E-state index in [9.17, 15) is 0 Å². The maximum absolute atomic E-state index is 6.39. The van der Waals surface area contributed by atoms with Crippen LogP contribution in [0.2, 0.25) is 0 Å². The topological polar surface area (TPSA) is 9.86 Å². The molecule has 0 aliphatic rings. The van der Waals surface area contributed by atoms with Crippen molar-refractivity contribution in [3.8, 4) is 22.5 Å². The van der Waals surface area contributed by atoms with Crippen LogP contribution in [0.25, 0.3) is 98.4 Å². The SMILES string of the molecule is [B]c1ccc2c(c1)c1cc(-c3cccc4c3c3ccccc3n4-c3ccc4c5ccccc5c5ccccc5c4c3)ccc1n2-c1ccccc1. The Morgan fingerprint density at radius 1 is 0.314 bits per heavy atom. The highest BCUT2D eigenvalue weighted by Crippen LogP contribution is 2.42. The zero-order valence-electron chi connectivity index (χ0n) is 27.7. The van der Waals surface area contributed by atoms with Gasteiger partial charge in [-0.15, -0.1) is 0 Å². The Balaban J connectivity index is 1.18. The van der Waals surface area contributed by atoms with E-state index in [2.05, 4.69) is 179 Å². The van der Waals surface area contributed by atoms with Crippen LogP contribution in [0.3, 0.4) is 0 Å². The van der Waals surface area contributed by atoms with Gasteiger partial charge in [-0.25, -0.2) is 0 Å². The van der Waals surface area contributed by atoms with Gasteiger partial charge in [-0.1, -0.05) is 127 Å². The van der Waals surface area contributed by atoms with E-state index < -0.39 is 0 Å². The van der Waals surface area contributed by atoms with E-state index in [-0.39, 0.29) is 0 Å². The highest BCUT2D eigenvalue weighted by Gasteiger charge is 2.19. The van der Waals surface area contributed by atoms with Gasteiger partial charge < -0.3 is 9.13 Å². The van der Waals surface area contributed by atoms with Crippen molar-refractivity contribution in [3.63, 3.8) is 0 Å². The Hall–Kier alpha value is -6.58. The van der Waals surface area contributed by atoms with Crippen molar-refractivity contribution in [1.82, 2.24) is 9.13 Å². The van der Waals surface area contributed by atoms with E-state index >= 15 is 0 Å². The summed E-state index contributed by atoms with van der Waals surface area (Å²) in [5.41, 5.74) is 10.1. The standard InChI is InChI=1S/C48H29BN2/c49-31-22-26-46-43(28-31)42-27-30(21-25-45(42)50(46)32-11-2-1-3-12-32)34-18-10-20-47-48(34)40-17-8-9-19-44(40)51(47)33-23-24-39-37-15-5-4-13-35(37)36-14-6-7-16-38(36)41(39)29-33/h1-29H. The quantitative estimate of drug-likeness (QED) is 0.134. The molecule has 2 aromatic heterocycles. The Labute approximate surface area is 295 Å². The van der Waals surface area contributed by atoms with Crippen molar-refractivity contribution in [3.05, 3.63) is 176 Å². The van der Waals surface area contributed by atoms with Gasteiger partial charge in [-0.2, -0.15) is 0 Å². The second-order valence-corrected chi connectivity index (χ2v) is 13.6. The van der Waals surface area contributed by atoms with Crippen LogP contribution in [0, 0.1) is 0 Å². The summed E-state index contributed by atoms with van der Waals surface area (Å²) in [7, 11) is 6.39. The summed E-state index contributed by atoms with van der Waals surface area (Å²) in [6.07, 6.45) is 0. The maximum Gasteiger partial charge on any atom is 0.113 e. The molecule has 3 heteroatoms. The van der Waals surface area contributed by atoms with Crippen molar-refractivity contribution in [2.24, 2.45) is 0 Å². The number of benzene rings is 9. The summed E-state index contributed by atoms with van der Waals surface area (Å²) in [6.45, 7) is 0. The summed E-state index contributed by atoms with van der Waals surface area (Å²) in [6, 6.07) is 63.8. The third kappa shape index (κ3) is 4.06. The lowest BCUT2D eigenvalue weighted by atomic mass is 9.93. The minimum absolute atomic E-state index is 0.765. The number of hydrogen-bond acceptors (Lipinski definition) is 0. The van der Waals surface area contributed by atoms with Crippen LogP contribution >= 0.6 is 0 Å². The molecule has 2 radical (unpaired) electrons. The summed E-state index contributed by atoms with van der Waals surface area (Å²) < 4.78 is 4.78. The van der Waals surface area contributed by atoms with Gasteiger partial charge in [0.05, 0.1) is 22.1 Å². The zero-order valence-corrected chi connectivity index (χ0v) is 27.7. The van der Waals surface area contributed by atoms with Crippen molar-refractivity contribution in [2.45, 2.75) is 0 Å². The first-order valence-corrected chi connectivity index (χ1v) is 17.5. The van der Waals surface area contributed by atoms with E-state index in [0.717, 1.165) is 33.3 Å². The minimum atomic E-state index is 0.765. The van der Waals surface area contributed by atoms with Gasteiger partial charge in [0.1, 0.15) is 7.85 Å². The molecular weight excluding hydrogens is 615 g/mol. The van der Waals surface area contributed by atoms with Gasteiger partial charge in [0.2, 0.25) is 0 Å².